The Morgan fingerprint density at radius 2 is 2.24 bits per heavy atom. The lowest BCUT2D eigenvalue weighted by atomic mass is 10.1. The first-order valence-electron chi connectivity index (χ1n) is 6.60. The topological polar surface area (TPSA) is 122 Å². The summed E-state index contributed by atoms with van der Waals surface area (Å²) in [4.78, 5) is 45.0. The van der Waals surface area contributed by atoms with Crippen LogP contribution in [0.3, 0.4) is 0 Å². The van der Waals surface area contributed by atoms with Crippen LogP contribution in [0, 0.1) is 0 Å². The summed E-state index contributed by atoms with van der Waals surface area (Å²) in [6, 6.07) is -1.87. The summed E-state index contributed by atoms with van der Waals surface area (Å²) in [5.74, 6) is -2.57. The van der Waals surface area contributed by atoms with E-state index in [-0.39, 0.29) is 25.4 Å². The molecule has 1 rings (SSSR count). The lowest BCUT2D eigenvalue weighted by Crippen LogP contribution is -2.48. The van der Waals surface area contributed by atoms with Crippen LogP contribution in [0.15, 0.2) is 12.2 Å². The van der Waals surface area contributed by atoms with Gasteiger partial charge in [0.15, 0.2) is 0 Å². The molecule has 1 aliphatic rings. The SMILES string of the molecule is CCOC(=O)/C=C/C[C@@H](NC(=O)[C@H]1CCC(=O)N1)C(=O)O. The molecule has 0 spiro atoms. The van der Waals surface area contributed by atoms with Gasteiger partial charge < -0.3 is 20.5 Å². The van der Waals surface area contributed by atoms with E-state index in [1.165, 1.54) is 6.08 Å². The summed E-state index contributed by atoms with van der Waals surface area (Å²) in [5, 5.41) is 13.8. The predicted octanol–water partition coefficient (Wildman–Crippen LogP) is -0.656. The van der Waals surface area contributed by atoms with Crippen molar-refractivity contribution in [1.29, 1.82) is 0 Å². The quantitative estimate of drug-likeness (QED) is 0.424. The van der Waals surface area contributed by atoms with Crippen molar-refractivity contribution in [1.82, 2.24) is 10.6 Å². The molecule has 1 saturated heterocycles. The molecule has 1 aliphatic heterocycles. The predicted molar refractivity (Wildman–Crippen MR) is 71.1 cm³/mol. The number of esters is 1. The molecule has 1 fully saturated rings. The highest BCUT2D eigenvalue weighted by Crippen LogP contribution is 2.07. The van der Waals surface area contributed by atoms with Gasteiger partial charge in [-0.2, -0.15) is 0 Å². The second-order valence-electron chi connectivity index (χ2n) is 4.45. The van der Waals surface area contributed by atoms with E-state index in [0.717, 1.165) is 6.08 Å². The number of rotatable bonds is 7. The van der Waals surface area contributed by atoms with E-state index in [9.17, 15) is 19.2 Å². The second-order valence-corrected chi connectivity index (χ2v) is 4.45. The van der Waals surface area contributed by atoms with Gasteiger partial charge in [-0.25, -0.2) is 9.59 Å². The van der Waals surface area contributed by atoms with E-state index in [2.05, 4.69) is 15.4 Å². The van der Waals surface area contributed by atoms with Crippen LogP contribution in [-0.4, -0.2) is 47.6 Å². The standard InChI is InChI=1S/C13H18N2O6/c1-2-21-11(17)5-3-4-9(13(19)20)15-12(18)8-6-7-10(16)14-8/h3,5,8-9H,2,4,6-7H2,1H3,(H,14,16)(H,15,18)(H,19,20)/b5-3+/t8-,9-/m1/s1. The molecule has 0 aromatic carbocycles. The Morgan fingerprint density at radius 3 is 2.76 bits per heavy atom. The second kappa shape index (κ2) is 8.03. The van der Waals surface area contributed by atoms with E-state index >= 15 is 0 Å². The monoisotopic (exact) mass is 298 g/mol. The van der Waals surface area contributed by atoms with Crippen LogP contribution in [0.4, 0.5) is 0 Å². The molecule has 2 amide bonds. The Labute approximate surface area is 121 Å². The molecule has 3 N–H and O–H groups in total. The molecule has 0 bridgehead atoms. The zero-order chi connectivity index (χ0) is 15.8. The van der Waals surface area contributed by atoms with Crippen molar-refractivity contribution in [3.8, 4) is 0 Å². The number of aliphatic carboxylic acids is 1. The maximum Gasteiger partial charge on any atom is 0.330 e. The van der Waals surface area contributed by atoms with Crippen LogP contribution in [0.2, 0.25) is 0 Å². The van der Waals surface area contributed by atoms with Crippen LogP contribution < -0.4 is 10.6 Å². The van der Waals surface area contributed by atoms with E-state index in [1.807, 2.05) is 0 Å². The maximum absolute atomic E-state index is 11.8. The molecule has 0 aromatic rings. The van der Waals surface area contributed by atoms with E-state index in [0.29, 0.717) is 6.42 Å². The largest absolute Gasteiger partial charge is 0.480 e. The summed E-state index contributed by atoms with van der Waals surface area (Å²) in [5.41, 5.74) is 0. The van der Waals surface area contributed by atoms with Crippen LogP contribution in [0.25, 0.3) is 0 Å². The van der Waals surface area contributed by atoms with Gasteiger partial charge >= 0.3 is 11.9 Å². The summed E-state index contributed by atoms with van der Waals surface area (Å²) in [6.07, 6.45) is 2.97. The highest BCUT2D eigenvalue weighted by Gasteiger charge is 2.29. The number of carboxylic acid groups (broad SMARTS) is 1. The van der Waals surface area contributed by atoms with Crippen molar-refractivity contribution in [3.63, 3.8) is 0 Å². The van der Waals surface area contributed by atoms with E-state index in [4.69, 9.17) is 5.11 Å². The third-order valence-electron chi connectivity index (χ3n) is 2.84. The Hall–Kier alpha value is -2.38. The van der Waals surface area contributed by atoms with Gasteiger partial charge in [0, 0.05) is 12.5 Å². The number of carbonyl (C=O) groups excluding carboxylic acids is 3. The van der Waals surface area contributed by atoms with Crippen LogP contribution in [0.1, 0.15) is 26.2 Å². The fourth-order valence-electron chi connectivity index (χ4n) is 1.80. The van der Waals surface area contributed by atoms with Crippen molar-refractivity contribution in [2.24, 2.45) is 0 Å². The Balaban J connectivity index is 2.50. The minimum absolute atomic E-state index is 0.0550. The minimum Gasteiger partial charge on any atom is -0.480 e. The van der Waals surface area contributed by atoms with Gasteiger partial charge in [-0.05, 0) is 19.8 Å². The average Bonchev–Trinajstić information content (AvgIpc) is 2.84. The van der Waals surface area contributed by atoms with E-state index < -0.39 is 29.9 Å². The summed E-state index contributed by atoms with van der Waals surface area (Å²) < 4.78 is 4.65. The summed E-state index contributed by atoms with van der Waals surface area (Å²) in [7, 11) is 0. The zero-order valence-corrected chi connectivity index (χ0v) is 11.6. The number of carbonyl (C=O) groups is 4. The molecular weight excluding hydrogens is 280 g/mol. The van der Waals surface area contributed by atoms with Gasteiger partial charge in [-0.15, -0.1) is 0 Å². The first-order chi connectivity index (χ1) is 9.93. The smallest absolute Gasteiger partial charge is 0.330 e. The number of nitrogens with one attached hydrogen (secondary N) is 2. The molecule has 1 heterocycles. The van der Waals surface area contributed by atoms with Crippen LogP contribution >= 0.6 is 0 Å². The molecular formula is C13H18N2O6. The highest BCUT2D eigenvalue weighted by atomic mass is 16.5. The van der Waals surface area contributed by atoms with E-state index in [1.54, 1.807) is 6.92 Å². The number of hydrogen-bond donors (Lipinski definition) is 3. The average molecular weight is 298 g/mol. The minimum atomic E-state index is -1.22. The van der Waals surface area contributed by atoms with Crippen molar-refractivity contribution in [3.05, 3.63) is 12.2 Å². The van der Waals surface area contributed by atoms with Crippen molar-refractivity contribution in [2.45, 2.75) is 38.3 Å². The fourth-order valence-corrected chi connectivity index (χ4v) is 1.80. The molecule has 8 nitrogen and oxygen atoms in total. The molecule has 0 aliphatic carbocycles. The number of ether oxygens (including phenoxy) is 1. The molecule has 2 atom stereocenters. The molecule has 116 valence electrons. The van der Waals surface area contributed by atoms with Gasteiger partial charge in [0.2, 0.25) is 11.8 Å². The van der Waals surface area contributed by atoms with Gasteiger partial charge in [0.25, 0.3) is 0 Å². The number of carboxylic acids is 1. The van der Waals surface area contributed by atoms with Gasteiger partial charge in [-0.3, -0.25) is 9.59 Å². The first-order valence-corrected chi connectivity index (χ1v) is 6.60. The molecule has 0 unspecified atom stereocenters. The maximum atomic E-state index is 11.8. The van der Waals surface area contributed by atoms with Crippen LogP contribution in [0.5, 0.6) is 0 Å². The number of amides is 2. The lowest BCUT2D eigenvalue weighted by molar-refractivity contribution is -0.142. The number of hydrogen-bond acceptors (Lipinski definition) is 5. The normalized spacial score (nSPS) is 19.1. The van der Waals surface area contributed by atoms with Crippen molar-refractivity contribution in [2.75, 3.05) is 6.61 Å². The Morgan fingerprint density at radius 1 is 1.52 bits per heavy atom. The molecule has 0 aromatic heterocycles. The lowest BCUT2D eigenvalue weighted by Gasteiger charge is -2.16. The van der Waals surface area contributed by atoms with Gasteiger partial charge in [0.1, 0.15) is 12.1 Å². The third kappa shape index (κ3) is 5.64. The van der Waals surface area contributed by atoms with Crippen molar-refractivity contribution < 1.29 is 29.0 Å². The fraction of sp³-hybridized carbons (Fsp3) is 0.538. The van der Waals surface area contributed by atoms with Crippen molar-refractivity contribution >= 4 is 23.8 Å². The molecule has 21 heavy (non-hydrogen) atoms. The van der Waals surface area contributed by atoms with Gasteiger partial charge in [0.05, 0.1) is 6.61 Å². The highest BCUT2D eigenvalue weighted by molar-refractivity contribution is 5.92. The first kappa shape index (κ1) is 16.7. The molecule has 8 heteroatoms. The Kier molecular flexibility index (Phi) is 6.38. The molecule has 0 saturated carbocycles. The third-order valence-corrected chi connectivity index (χ3v) is 2.84. The summed E-state index contributed by atoms with van der Waals surface area (Å²) in [6.45, 7) is 1.88. The molecule has 0 radical (unpaired) electrons. The zero-order valence-electron chi connectivity index (χ0n) is 11.6. The summed E-state index contributed by atoms with van der Waals surface area (Å²) >= 11 is 0. The van der Waals surface area contributed by atoms with Gasteiger partial charge in [-0.1, -0.05) is 6.08 Å². The van der Waals surface area contributed by atoms with Crippen LogP contribution in [-0.2, 0) is 23.9 Å². The Bertz CT molecular complexity index is 460.